The Morgan fingerprint density at radius 1 is 1.53 bits per heavy atom. The van der Waals surface area contributed by atoms with Crippen molar-refractivity contribution in [1.82, 2.24) is 5.48 Å². The maximum Gasteiger partial charge on any atom is 0.267 e. The molecule has 0 unspecified atom stereocenters. The van der Waals surface area contributed by atoms with E-state index in [0.717, 1.165) is 11.5 Å². The lowest BCUT2D eigenvalue weighted by Crippen LogP contribution is -2.14. The van der Waals surface area contributed by atoms with Gasteiger partial charge in [-0.2, -0.15) is 0 Å². The Kier molecular flexibility index (Phi) is 3.42. The van der Waals surface area contributed by atoms with Gasteiger partial charge in [0.05, 0.1) is 5.02 Å². The summed E-state index contributed by atoms with van der Waals surface area (Å²) < 4.78 is 13.7. The van der Waals surface area contributed by atoms with Gasteiger partial charge in [0.1, 0.15) is 5.82 Å². The number of halogens is 2. The fourth-order valence-corrected chi connectivity index (χ4v) is 2.78. The molecule has 0 radical (unpaired) electrons. The van der Waals surface area contributed by atoms with Crippen LogP contribution in [-0.2, 0) is 4.79 Å². The zero-order valence-corrected chi connectivity index (χ0v) is 9.98. The maximum absolute atomic E-state index is 13.0. The molecule has 0 fully saturated rings. The number of carbonyl (C=O) groups excluding carboxylic acids is 1. The second-order valence-electron chi connectivity index (χ2n) is 3.23. The number of fused-ring (bicyclic) bond motifs is 1. The predicted molar refractivity (Wildman–Crippen MR) is 65.8 cm³/mol. The molecule has 88 valence electrons. The van der Waals surface area contributed by atoms with E-state index in [-0.39, 0.29) is 5.82 Å². The van der Waals surface area contributed by atoms with Crippen LogP contribution in [0.15, 0.2) is 24.3 Å². The minimum absolute atomic E-state index is 0.334. The lowest BCUT2D eigenvalue weighted by molar-refractivity contribution is -0.124. The quantitative estimate of drug-likeness (QED) is 0.501. The minimum atomic E-state index is -0.648. The fourth-order valence-electron chi connectivity index (χ4n) is 1.35. The molecule has 2 aromatic rings. The van der Waals surface area contributed by atoms with Crippen LogP contribution in [0.4, 0.5) is 4.39 Å². The highest BCUT2D eigenvalue weighted by Crippen LogP contribution is 2.36. The molecule has 1 aromatic heterocycles. The number of hydroxylamine groups is 1. The standard InChI is InChI=1S/C11H7ClFNO2S/c12-11-7-2-1-6(13)5-9(7)17-8(11)3-4-10(15)14-16/h1-5,16H,(H,14,15)/b4-3+. The van der Waals surface area contributed by atoms with Crippen LogP contribution < -0.4 is 5.48 Å². The summed E-state index contributed by atoms with van der Waals surface area (Å²) in [4.78, 5) is 11.5. The van der Waals surface area contributed by atoms with E-state index in [1.165, 1.54) is 35.0 Å². The third-order valence-corrected chi connectivity index (χ3v) is 3.75. The summed E-state index contributed by atoms with van der Waals surface area (Å²) in [5.41, 5.74) is 1.47. The van der Waals surface area contributed by atoms with Gasteiger partial charge in [0, 0.05) is 21.0 Å². The first-order valence-electron chi connectivity index (χ1n) is 4.61. The molecule has 17 heavy (non-hydrogen) atoms. The Hall–Kier alpha value is -1.43. The van der Waals surface area contributed by atoms with Crippen LogP contribution >= 0.6 is 22.9 Å². The second-order valence-corrected chi connectivity index (χ2v) is 4.69. The lowest BCUT2D eigenvalue weighted by Gasteiger charge is -1.90. The van der Waals surface area contributed by atoms with Gasteiger partial charge < -0.3 is 0 Å². The minimum Gasteiger partial charge on any atom is -0.288 e. The molecule has 6 heteroatoms. The molecule has 0 aliphatic heterocycles. The molecular formula is C11H7ClFNO2S. The van der Waals surface area contributed by atoms with Crippen molar-refractivity contribution < 1.29 is 14.4 Å². The van der Waals surface area contributed by atoms with Crippen molar-refractivity contribution in [3.8, 4) is 0 Å². The molecule has 1 heterocycles. The normalized spacial score (nSPS) is 11.2. The topological polar surface area (TPSA) is 49.3 Å². The van der Waals surface area contributed by atoms with Crippen molar-refractivity contribution in [2.24, 2.45) is 0 Å². The molecule has 0 saturated heterocycles. The third kappa shape index (κ3) is 2.46. The van der Waals surface area contributed by atoms with Crippen molar-refractivity contribution in [2.45, 2.75) is 0 Å². The van der Waals surface area contributed by atoms with Crippen LogP contribution in [0.2, 0.25) is 5.02 Å². The van der Waals surface area contributed by atoms with E-state index in [0.29, 0.717) is 14.6 Å². The molecule has 2 rings (SSSR count). The highest BCUT2D eigenvalue weighted by atomic mass is 35.5. The van der Waals surface area contributed by atoms with E-state index in [9.17, 15) is 9.18 Å². The van der Waals surface area contributed by atoms with Gasteiger partial charge in [-0.05, 0) is 24.3 Å². The Balaban J connectivity index is 2.45. The first-order chi connectivity index (χ1) is 8.11. The van der Waals surface area contributed by atoms with E-state index in [1.807, 2.05) is 0 Å². The Morgan fingerprint density at radius 3 is 3.00 bits per heavy atom. The lowest BCUT2D eigenvalue weighted by atomic mass is 10.2. The van der Waals surface area contributed by atoms with Crippen LogP contribution in [0.5, 0.6) is 0 Å². The number of benzene rings is 1. The monoisotopic (exact) mass is 271 g/mol. The number of nitrogens with one attached hydrogen (secondary N) is 1. The van der Waals surface area contributed by atoms with Crippen molar-refractivity contribution in [2.75, 3.05) is 0 Å². The van der Waals surface area contributed by atoms with E-state index in [4.69, 9.17) is 16.8 Å². The fraction of sp³-hybridized carbons (Fsp3) is 0. The van der Waals surface area contributed by atoms with Gasteiger partial charge in [0.25, 0.3) is 5.91 Å². The van der Waals surface area contributed by atoms with Gasteiger partial charge in [0.2, 0.25) is 0 Å². The number of hydrogen-bond acceptors (Lipinski definition) is 3. The molecule has 0 atom stereocenters. The van der Waals surface area contributed by atoms with Crippen LogP contribution in [-0.4, -0.2) is 11.1 Å². The number of amides is 1. The van der Waals surface area contributed by atoms with Crippen LogP contribution in [0.1, 0.15) is 4.88 Å². The number of carbonyl (C=O) groups is 1. The summed E-state index contributed by atoms with van der Waals surface area (Å²) in [6, 6.07) is 4.30. The highest BCUT2D eigenvalue weighted by molar-refractivity contribution is 7.20. The van der Waals surface area contributed by atoms with Gasteiger partial charge in [-0.3, -0.25) is 10.0 Å². The number of thiophene rings is 1. The van der Waals surface area contributed by atoms with Gasteiger partial charge in [-0.1, -0.05) is 11.6 Å². The van der Waals surface area contributed by atoms with E-state index in [2.05, 4.69) is 0 Å². The second kappa shape index (κ2) is 4.83. The molecule has 0 aliphatic rings. The van der Waals surface area contributed by atoms with Gasteiger partial charge in [-0.15, -0.1) is 11.3 Å². The zero-order chi connectivity index (χ0) is 12.4. The average Bonchev–Trinajstić information content (AvgIpc) is 2.62. The van der Waals surface area contributed by atoms with Crippen LogP contribution in [0, 0.1) is 5.82 Å². The first kappa shape index (κ1) is 12.0. The van der Waals surface area contributed by atoms with Gasteiger partial charge in [-0.25, -0.2) is 9.87 Å². The van der Waals surface area contributed by atoms with Crippen molar-refractivity contribution >= 4 is 45.0 Å². The smallest absolute Gasteiger partial charge is 0.267 e. The molecule has 0 bridgehead atoms. The SMILES string of the molecule is O=C(/C=C/c1sc2cc(F)ccc2c1Cl)NO. The molecule has 0 saturated carbocycles. The van der Waals surface area contributed by atoms with E-state index in [1.54, 1.807) is 6.07 Å². The Morgan fingerprint density at radius 2 is 2.29 bits per heavy atom. The zero-order valence-electron chi connectivity index (χ0n) is 8.41. The summed E-state index contributed by atoms with van der Waals surface area (Å²) in [6.07, 6.45) is 2.61. The first-order valence-corrected chi connectivity index (χ1v) is 5.81. The van der Waals surface area contributed by atoms with Crippen molar-refractivity contribution in [1.29, 1.82) is 0 Å². The molecule has 3 nitrogen and oxygen atoms in total. The molecule has 0 aliphatic carbocycles. The molecule has 1 amide bonds. The molecule has 2 N–H and O–H groups in total. The maximum atomic E-state index is 13.0. The number of hydrogen-bond donors (Lipinski definition) is 2. The predicted octanol–water partition coefficient (Wildman–Crippen LogP) is 3.21. The van der Waals surface area contributed by atoms with E-state index >= 15 is 0 Å². The summed E-state index contributed by atoms with van der Waals surface area (Å²) in [6.45, 7) is 0. The van der Waals surface area contributed by atoms with Crippen LogP contribution in [0.3, 0.4) is 0 Å². The Bertz CT molecular complexity index is 609. The number of rotatable bonds is 2. The molecule has 1 aromatic carbocycles. The largest absolute Gasteiger partial charge is 0.288 e. The van der Waals surface area contributed by atoms with Gasteiger partial charge >= 0.3 is 0 Å². The Labute approximate surface area is 105 Å². The third-order valence-electron chi connectivity index (χ3n) is 2.11. The summed E-state index contributed by atoms with van der Waals surface area (Å²) >= 11 is 7.35. The van der Waals surface area contributed by atoms with Crippen LogP contribution in [0.25, 0.3) is 16.2 Å². The molecule has 0 spiro atoms. The summed E-state index contributed by atoms with van der Waals surface area (Å²) in [5, 5.41) is 9.53. The van der Waals surface area contributed by atoms with Crippen molar-refractivity contribution in [3.05, 3.63) is 40.0 Å². The van der Waals surface area contributed by atoms with Gasteiger partial charge in [0.15, 0.2) is 0 Å². The molecular weight excluding hydrogens is 265 g/mol. The van der Waals surface area contributed by atoms with E-state index < -0.39 is 5.91 Å². The summed E-state index contributed by atoms with van der Waals surface area (Å²) in [5.74, 6) is -0.983. The highest BCUT2D eigenvalue weighted by Gasteiger charge is 2.08. The van der Waals surface area contributed by atoms with Crippen molar-refractivity contribution in [3.63, 3.8) is 0 Å². The average molecular weight is 272 g/mol. The summed E-state index contributed by atoms with van der Waals surface area (Å²) in [7, 11) is 0.